The topological polar surface area (TPSA) is 72.2 Å². The Kier molecular flexibility index (Phi) is 3.51. The summed E-state index contributed by atoms with van der Waals surface area (Å²) in [6.45, 7) is 0. The molecule has 0 heterocycles. The zero-order chi connectivity index (χ0) is 13.8. The molecule has 0 unspecified atom stereocenters. The number of halogens is 1. The first-order valence-corrected chi connectivity index (χ1v) is 5.39. The van der Waals surface area contributed by atoms with Crippen LogP contribution in [-0.2, 0) is 0 Å². The van der Waals surface area contributed by atoms with E-state index in [1.807, 2.05) is 0 Å². The number of para-hydroxylation sites is 2. The van der Waals surface area contributed by atoms with Crippen molar-refractivity contribution in [2.24, 2.45) is 0 Å². The molecular weight excluding hydrogens is 251 g/mol. The lowest BCUT2D eigenvalue weighted by Crippen LogP contribution is -2.14. The lowest BCUT2D eigenvalue weighted by molar-refractivity contribution is -0.385. The van der Waals surface area contributed by atoms with E-state index in [-0.39, 0.29) is 16.9 Å². The van der Waals surface area contributed by atoms with Gasteiger partial charge in [0, 0.05) is 6.07 Å². The van der Waals surface area contributed by atoms with Crippen LogP contribution < -0.4 is 5.32 Å². The molecule has 1 amide bonds. The number of nitro benzene ring substituents is 1. The summed E-state index contributed by atoms with van der Waals surface area (Å²) in [5.41, 5.74) is -0.460. The van der Waals surface area contributed by atoms with Gasteiger partial charge in [-0.3, -0.25) is 14.9 Å². The van der Waals surface area contributed by atoms with Crippen LogP contribution >= 0.6 is 0 Å². The van der Waals surface area contributed by atoms with Gasteiger partial charge in [-0.25, -0.2) is 4.39 Å². The maximum absolute atomic E-state index is 13.4. The lowest BCUT2D eigenvalue weighted by Gasteiger charge is -2.06. The summed E-state index contributed by atoms with van der Waals surface area (Å²) < 4.78 is 13.4. The van der Waals surface area contributed by atoms with Crippen molar-refractivity contribution in [1.82, 2.24) is 0 Å². The van der Waals surface area contributed by atoms with Crippen molar-refractivity contribution < 1.29 is 14.1 Å². The van der Waals surface area contributed by atoms with Gasteiger partial charge in [0.15, 0.2) is 0 Å². The van der Waals surface area contributed by atoms with Crippen LogP contribution in [0.1, 0.15) is 10.4 Å². The zero-order valence-electron chi connectivity index (χ0n) is 9.67. The van der Waals surface area contributed by atoms with E-state index >= 15 is 0 Å². The molecule has 0 aliphatic carbocycles. The number of hydrogen-bond donors (Lipinski definition) is 1. The number of rotatable bonds is 3. The van der Waals surface area contributed by atoms with Gasteiger partial charge in [-0.05, 0) is 18.2 Å². The molecular formula is C13H9FN2O3. The molecule has 0 bridgehead atoms. The Morgan fingerprint density at radius 3 is 2.42 bits per heavy atom. The third-order valence-electron chi connectivity index (χ3n) is 2.47. The van der Waals surface area contributed by atoms with Crippen molar-refractivity contribution in [3.8, 4) is 0 Å². The van der Waals surface area contributed by atoms with Gasteiger partial charge in [0.25, 0.3) is 11.6 Å². The molecule has 5 nitrogen and oxygen atoms in total. The number of carbonyl (C=O) groups is 1. The Morgan fingerprint density at radius 1 is 1.11 bits per heavy atom. The van der Waals surface area contributed by atoms with Gasteiger partial charge in [0.1, 0.15) is 11.4 Å². The summed E-state index contributed by atoms with van der Waals surface area (Å²) in [4.78, 5) is 22.0. The van der Waals surface area contributed by atoms with Gasteiger partial charge in [0.2, 0.25) is 0 Å². The van der Waals surface area contributed by atoms with Crippen LogP contribution in [0.4, 0.5) is 15.8 Å². The molecule has 19 heavy (non-hydrogen) atoms. The van der Waals surface area contributed by atoms with E-state index < -0.39 is 16.6 Å². The molecule has 0 aliphatic rings. The highest BCUT2D eigenvalue weighted by Gasteiger charge is 2.19. The van der Waals surface area contributed by atoms with Crippen molar-refractivity contribution in [2.75, 3.05) is 5.32 Å². The van der Waals surface area contributed by atoms with Crippen LogP contribution in [0.25, 0.3) is 0 Å². The maximum atomic E-state index is 13.4. The predicted molar refractivity (Wildman–Crippen MR) is 67.4 cm³/mol. The van der Waals surface area contributed by atoms with Crippen LogP contribution in [-0.4, -0.2) is 10.8 Å². The normalized spacial score (nSPS) is 9.95. The van der Waals surface area contributed by atoms with Crippen molar-refractivity contribution in [3.05, 3.63) is 70.0 Å². The van der Waals surface area contributed by atoms with Gasteiger partial charge in [-0.2, -0.15) is 0 Å². The molecule has 0 fully saturated rings. The standard InChI is InChI=1S/C13H9FN2O3/c14-10-6-2-3-7-11(10)15-13(17)9-5-1-4-8-12(9)16(18)19/h1-8H,(H,15,17). The fourth-order valence-corrected chi connectivity index (χ4v) is 1.58. The van der Waals surface area contributed by atoms with Crippen molar-refractivity contribution in [3.63, 3.8) is 0 Å². The maximum Gasteiger partial charge on any atom is 0.282 e. The minimum Gasteiger partial charge on any atom is -0.319 e. The molecule has 0 saturated heterocycles. The largest absolute Gasteiger partial charge is 0.319 e. The third kappa shape index (κ3) is 2.74. The first kappa shape index (κ1) is 12.7. The summed E-state index contributed by atoms with van der Waals surface area (Å²) in [5, 5.41) is 13.1. The highest BCUT2D eigenvalue weighted by molar-refractivity contribution is 6.07. The quantitative estimate of drug-likeness (QED) is 0.681. The van der Waals surface area contributed by atoms with Crippen LogP contribution in [0.3, 0.4) is 0 Å². The molecule has 0 aromatic heterocycles. The first-order valence-electron chi connectivity index (χ1n) is 5.39. The van der Waals surface area contributed by atoms with Gasteiger partial charge in [0.05, 0.1) is 10.6 Å². The zero-order valence-corrected chi connectivity index (χ0v) is 9.67. The number of nitrogens with zero attached hydrogens (tertiary/aromatic N) is 1. The predicted octanol–water partition coefficient (Wildman–Crippen LogP) is 2.99. The number of anilines is 1. The molecule has 0 spiro atoms. The molecule has 96 valence electrons. The molecule has 0 radical (unpaired) electrons. The molecule has 0 saturated carbocycles. The molecule has 2 aromatic carbocycles. The average Bonchev–Trinajstić information content (AvgIpc) is 2.41. The van der Waals surface area contributed by atoms with Crippen molar-refractivity contribution in [1.29, 1.82) is 0 Å². The SMILES string of the molecule is O=C(Nc1ccccc1F)c1ccccc1[N+](=O)[O-]. The Balaban J connectivity index is 2.31. The van der Waals surface area contributed by atoms with Crippen LogP contribution in [0, 0.1) is 15.9 Å². The Bertz CT molecular complexity index is 643. The van der Waals surface area contributed by atoms with Crippen LogP contribution in [0.15, 0.2) is 48.5 Å². The molecule has 0 aliphatic heterocycles. The summed E-state index contributed by atoms with van der Waals surface area (Å²) in [6, 6.07) is 11.1. The summed E-state index contributed by atoms with van der Waals surface area (Å²) >= 11 is 0. The Hall–Kier alpha value is -2.76. The molecule has 2 aromatic rings. The molecule has 6 heteroatoms. The highest BCUT2D eigenvalue weighted by atomic mass is 19.1. The van der Waals surface area contributed by atoms with E-state index in [4.69, 9.17) is 0 Å². The number of amides is 1. The Labute approximate surface area is 107 Å². The summed E-state index contributed by atoms with van der Waals surface area (Å²) in [5.74, 6) is -1.33. The number of nitro groups is 1. The molecule has 2 rings (SSSR count). The van der Waals surface area contributed by atoms with Crippen LogP contribution in [0.2, 0.25) is 0 Å². The van der Waals surface area contributed by atoms with Crippen molar-refractivity contribution in [2.45, 2.75) is 0 Å². The van der Waals surface area contributed by atoms with Gasteiger partial charge < -0.3 is 5.32 Å². The van der Waals surface area contributed by atoms with Crippen molar-refractivity contribution >= 4 is 17.3 Å². The summed E-state index contributed by atoms with van der Waals surface area (Å²) in [6.07, 6.45) is 0. The number of hydrogen-bond acceptors (Lipinski definition) is 3. The fourth-order valence-electron chi connectivity index (χ4n) is 1.58. The van der Waals surface area contributed by atoms with E-state index in [0.717, 1.165) is 0 Å². The van der Waals surface area contributed by atoms with Crippen LogP contribution in [0.5, 0.6) is 0 Å². The van der Waals surface area contributed by atoms with E-state index in [2.05, 4.69) is 5.32 Å². The molecule has 0 atom stereocenters. The monoisotopic (exact) mass is 260 g/mol. The fraction of sp³-hybridized carbons (Fsp3) is 0. The lowest BCUT2D eigenvalue weighted by atomic mass is 10.1. The summed E-state index contributed by atoms with van der Waals surface area (Å²) in [7, 11) is 0. The van der Waals surface area contributed by atoms with E-state index in [0.29, 0.717) is 0 Å². The second kappa shape index (κ2) is 5.26. The minimum atomic E-state index is -0.725. The first-order chi connectivity index (χ1) is 9.09. The third-order valence-corrected chi connectivity index (χ3v) is 2.47. The minimum absolute atomic E-state index is 0.0225. The highest BCUT2D eigenvalue weighted by Crippen LogP contribution is 2.20. The van der Waals surface area contributed by atoms with E-state index in [9.17, 15) is 19.3 Å². The molecule has 1 N–H and O–H groups in total. The van der Waals surface area contributed by atoms with E-state index in [1.165, 1.54) is 42.5 Å². The van der Waals surface area contributed by atoms with E-state index in [1.54, 1.807) is 6.07 Å². The number of carbonyl (C=O) groups excluding carboxylic acids is 1. The number of nitrogens with one attached hydrogen (secondary N) is 1. The Morgan fingerprint density at radius 2 is 1.74 bits per heavy atom. The average molecular weight is 260 g/mol. The number of benzene rings is 2. The van der Waals surface area contributed by atoms with Gasteiger partial charge in [-0.1, -0.05) is 24.3 Å². The van der Waals surface area contributed by atoms with Gasteiger partial charge in [-0.15, -0.1) is 0 Å². The second-order valence-electron chi connectivity index (χ2n) is 3.71. The smallest absolute Gasteiger partial charge is 0.282 e. The van der Waals surface area contributed by atoms with Gasteiger partial charge >= 0.3 is 0 Å². The second-order valence-corrected chi connectivity index (χ2v) is 3.71.